The quantitative estimate of drug-likeness (QED) is 0.835. The number of aliphatic hydroxyl groups is 1. The minimum atomic E-state index is 0.230. The van der Waals surface area contributed by atoms with Gasteiger partial charge in [0.15, 0.2) is 0 Å². The summed E-state index contributed by atoms with van der Waals surface area (Å²) < 4.78 is 0. The smallest absolute Gasteiger partial charge is 0.130 e. The number of hydrogen-bond acceptors (Lipinski definition) is 4. The first-order valence-corrected chi connectivity index (χ1v) is 6.65. The maximum Gasteiger partial charge on any atom is 0.130 e. The Morgan fingerprint density at radius 1 is 1.39 bits per heavy atom. The number of amidine groups is 1. The van der Waals surface area contributed by atoms with Crippen molar-refractivity contribution in [1.82, 2.24) is 5.32 Å². The van der Waals surface area contributed by atoms with E-state index in [4.69, 9.17) is 0 Å². The molecule has 0 aromatic heterocycles. The van der Waals surface area contributed by atoms with Gasteiger partial charge in [-0.3, -0.25) is 4.99 Å². The van der Waals surface area contributed by atoms with E-state index in [9.17, 15) is 5.11 Å². The third-order valence-electron chi connectivity index (χ3n) is 3.73. The highest BCUT2D eigenvalue weighted by atomic mass is 16.3. The third-order valence-corrected chi connectivity index (χ3v) is 3.73. The van der Waals surface area contributed by atoms with Crippen LogP contribution >= 0.6 is 0 Å². The zero-order chi connectivity index (χ0) is 12.4. The minimum Gasteiger partial charge on any atom is -0.394 e. The average molecular weight is 245 g/mol. The average Bonchev–Trinajstić information content (AvgIpc) is 3.09. The Bertz CT molecular complexity index is 458. The van der Waals surface area contributed by atoms with Crippen LogP contribution in [0.1, 0.15) is 18.4 Å². The molecule has 0 spiro atoms. The number of nitrogens with zero attached hydrogens (tertiary/aromatic N) is 2. The molecule has 3 rings (SSSR count). The first kappa shape index (κ1) is 11.5. The van der Waals surface area contributed by atoms with Gasteiger partial charge >= 0.3 is 0 Å². The second-order valence-electron chi connectivity index (χ2n) is 4.85. The molecule has 1 unspecified atom stereocenters. The zero-order valence-electron chi connectivity index (χ0n) is 10.5. The topological polar surface area (TPSA) is 47.9 Å². The molecule has 96 valence electrons. The second kappa shape index (κ2) is 4.98. The van der Waals surface area contributed by atoms with E-state index >= 15 is 0 Å². The lowest BCUT2D eigenvalue weighted by Crippen LogP contribution is -2.34. The highest BCUT2D eigenvalue weighted by molar-refractivity contribution is 6.04. The van der Waals surface area contributed by atoms with E-state index in [-0.39, 0.29) is 12.6 Å². The predicted molar refractivity (Wildman–Crippen MR) is 73.3 cm³/mol. The first-order valence-electron chi connectivity index (χ1n) is 6.65. The van der Waals surface area contributed by atoms with E-state index in [0.717, 1.165) is 43.9 Å². The van der Waals surface area contributed by atoms with Crippen molar-refractivity contribution in [2.75, 3.05) is 31.1 Å². The zero-order valence-corrected chi connectivity index (χ0v) is 10.5. The fourth-order valence-corrected chi connectivity index (χ4v) is 2.85. The Morgan fingerprint density at radius 3 is 3.06 bits per heavy atom. The van der Waals surface area contributed by atoms with E-state index in [1.165, 1.54) is 5.69 Å². The molecule has 4 nitrogen and oxygen atoms in total. The van der Waals surface area contributed by atoms with Crippen molar-refractivity contribution in [2.45, 2.75) is 18.9 Å². The van der Waals surface area contributed by atoms with Gasteiger partial charge in [-0.2, -0.15) is 0 Å². The van der Waals surface area contributed by atoms with Crippen LogP contribution in [-0.2, 0) is 0 Å². The molecule has 2 N–H and O–H groups in total. The lowest BCUT2D eigenvalue weighted by molar-refractivity contribution is 0.266. The molecule has 0 bridgehead atoms. The number of rotatable bonds is 3. The van der Waals surface area contributed by atoms with E-state index in [0.29, 0.717) is 0 Å². The van der Waals surface area contributed by atoms with Crippen LogP contribution in [0.3, 0.4) is 0 Å². The van der Waals surface area contributed by atoms with E-state index < -0.39 is 0 Å². The van der Waals surface area contributed by atoms with Crippen molar-refractivity contribution >= 4 is 11.5 Å². The van der Waals surface area contributed by atoms with Crippen LogP contribution < -0.4 is 10.2 Å². The standard InChI is InChI=1S/C14H19N3O/c18-10-11-4-3-9-17(11)13-6-2-1-5-12(13)14-15-7-8-16-14/h1-2,5-6,11,18H,3-4,7-10H2,(H,15,16). The number of aliphatic hydroxyl groups excluding tert-OH is 1. The molecule has 1 aromatic rings. The number of hydrogen-bond donors (Lipinski definition) is 2. The summed E-state index contributed by atoms with van der Waals surface area (Å²) in [6.45, 7) is 3.03. The van der Waals surface area contributed by atoms with Crippen LogP contribution in [-0.4, -0.2) is 43.2 Å². The Balaban J connectivity index is 1.96. The van der Waals surface area contributed by atoms with Gasteiger partial charge in [-0.25, -0.2) is 0 Å². The van der Waals surface area contributed by atoms with Gasteiger partial charge < -0.3 is 15.3 Å². The summed E-state index contributed by atoms with van der Waals surface area (Å²) in [6, 6.07) is 8.60. The van der Waals surface area contributed by atoms with Crippen molar-refractivity contribution in [3.63, 3.8) is 0 Å². The van der Waals surface area contributed by atoms with E-state index in [2.05, 4.69) is 33.4 Å². The Kier molecular flexibility index (Phi) is 3.19. The number of anilines is 1. The molecular formula is C14H19N3O. The van der Waals surface area contributed by atoms with Crippen LogP contribution in [0, 0.1) is 0 Å². The molecule has 1 saturated heterocycles. The van der Waals surface area contributed by atoms with Gasteiger partial charge in [-0.05, 0) is 25.0 Å². The summed E-state index contributed by atoms with van der Waals surface area (Å²) in [4.78, 5) is 6.82. The molecule has 18 heavy (non-hydrogen) atoms. The lowest BCUT2D eigenvalue weighted by Gasteiger charge is -2.27. The second-order valence-corrected chi connectivity index (χ2v) is 4.85. The van der Waals surface area contributed by atoms with Gasteiger partial charge in [-0.1, -0.05) is 12.1 Å². The molecule has 1 fully saturated rings. The lowest BCUT2D eigenvalue weighted by atomic mass is 10.1. The maximum atomic E-state index is 9.47. The van der Waals surface area contributed by atoms with E-state index in [1.54, 1.807) is 0 Å². The number of aliphatic imine (C=N–C) groups is 1. The highest BCUT2D eigenvalue weighted by Crippen LogP contribution is 2.29. The molecule has 0 radical (unpaired) electrons. The fourth-order valence-electron chi connectivity index (χ4n) is 2.85. The van der Waals surface area contributed by atoms with Crippen LogP contribution in [0.4, 0.5) is 5.69 Å². The Morgan fingerprint density at radius 2 is 2.28 bits per heavy atom. The van der Waals surface area contributed by atoms with Crippen molar-refractivity contribution < 1.29 is 5.11 Å². The summed E-state index contributed by atoms with van der Waals surface area (Å²) in [5, 5.41) is 12.8. The molecule has 0 amide bonds. The molecule has 1 aromatic carbocycles. The first-order chi connectivity index (χ1) is 8.90. The molecule has 4 heteroatoms. The summed E-state index contributed by atoms with van der Waals surface area (Å²) in [6.07, 6.45) is 2.23. The predicted octanol–water partition coefficient (Wildman–Crippen LogP) is 0.997. The van der Waals surface area contributed by atoms with Gasteiger partial charge in [0.25, 0.3) is 0 Å². The van der Waals surface area contributed by atoms with Gasteiger partial charge in [0, 0.05) is 24.3 Å². The van der Waals surface area contributed by atoms with Crippen LogP contribution in [0.5, 0.6) is 0 Å². The van der Waals surface area contributed by atoms with Crippen LogP contribution in [0.25, 0.3) is 0 Å². The van der Waals surface area contributed by atoms with Crippen LogP contribution in [0.2, 0.25) is 0 Å². The fraction of sp³-hybridized carbons (Fsp3) is 0.500. The summed E-state index contributed by atoms with van der Waals surface area (Å²) in [5.41, 5.74) is 2.36. The molecule has 2 aliphatic heterocycles. The van der Waals surface area contributed by atoms with Gasteiger partial charge in [-0.15, -0.1) is 0 Å². The minimum absolute atomic E-state index is 0.230. The summed E-state index contributed by atoms with van der Waals surface area (Å²) in [5.74, 6) is 0.995. The van der Waals surface area contributed by atoms with Crippen molar-refractivity contribution in [1.29, 1.82) is 0 Å². The summed E-state index contributed by atoms with van der Waals surface area (Å²) >= 11 is 0. The number of nitrogens with one attached hydrogen (secondary N) is 1. The molecular weight excluding hydrogens is 226 g/mol. The normalized spacial score (nSPS) is 23.1. The number of para-hydroxylation sites is 1. The maximum absolute atomic E-state index is 9.47. The molecule has 1 atom stereocenters. The third kappa shape index (κ3) is 1.97. The summed E-state index contributed by atoms with van der Waals surface area (Å²) in [7, 11) is 0. The van der Waals surface area contributed by atoms with Gasteiger partial charge in [0.05, 0.1) is 19.2 Å². The van der Waals surface area contributed by atoms with Gasteiger partial charge in [0.1, 0.15) is 5.84 Å². The molecule has 0 aliphatic carbocycles. The molecule has 2 aliphatic rings. The highest BCUT2D eigenvalue weighted by Gasteiger charge is 2.26. The number of benzene rings is 1. The van der Waals surface area contributed by atoms with Gasteiger partial charge in [0.2, 0.25) is 0 Å². The molecule has 2 heterocycles. The molecule has 0 saturated carbocycles. The Hall–Kier alpha value is -1.55. The Labute approximate surface area is 107 Å². The SMILES string of the molecule is OCC1CCCN1c1ccccc1C1=NCCN1. The van der Waals surface area contributed by atoms with Crippen molar-refractivity contribution in [2.24, 2.45) is 4.99 Å². The van der Waals surface area contributed by atoms with Crippen LogP contribution in [0.15, 0.2) is 29.3 Å². The van der Waals surface area contributed by atoms with Crippen molar-refractivity contribution in [3.05, 3.63) is 29.8 Å². The van der Waals surface area contributed by atoms with Crippen molar-refractivity contribution in [3.8, 4) is 0 Å². The largest absolute Gasteiger partial charge is 0.394 e. The monoisotopic (exact) mass is 245 g/mol. The van der Waals surface area contributed by atoms with E-state index in [1.807, 2.05) is 6.07 Å².